The number of nitro benzene ring substituents is 1. The zero-order chi connectivity index (χ0) is 13.0. The molecule has 1 aromatic heterocycles. The Labute approximate surface area is 103 Å². The Hall–Kier alpha value is -2.44. The van der Waals surface area contributed by atoms with Gasteiger partial charge in [0.25, 0.3) is 5.69 Å². The quantitative estimate of drug-likeness (QED) is 0.641. The number of nitrogens with zero attached hydrogens (tertiary/aromatic N) is 3. The maximum absolute atomic E-state index is 10.9. The van der Waals surface area contributed by atoms with Crippen LogP contribution in [0.25, 0.3) is 0 Å². The Balaban J connectivity index is 2.06. The van der Waals surface area contributed by atoms with Crippen LogP contribution in [0.1, 0.15) is 11.4 Å². The Kier molecular flexibility index (Phi) is 3.52. The van der Waals surface area contributed by atoms with Gasteiger partial charge >= 0.3 is 0 Å². The van der Waals surface area contributed by atoms with E-state index in [-0.39, 0.29) is 5.69 Å². The minimum atomic E-state index is -0.399. The van der Waals surface area contributed by atoms with Crippen molar-refractivity contribution in [1.82, 2.24) is 10.1 Å². The standard InChI is InChI=1S/C11H12N4O3/c1-8-3-2-4-9(15(16)17)11(8)12-6-5-10-13-7-18-14-10/h2-4,7,12H,5-6H2,1H3. The van der Waals surface area contributed by atoms with Gasteiger partial charge in [0.2, 0.25) is 6.39 Å². The normalized spacial score (nSPS) is 10.3. The van der Waals surface area contributed by atoms with Crippen molar-refractivity contribution in [1.29, 1.82) is 0 Å². The fourth-order valence-electron chi connectivity index (χ4n) is 1.64. The lowest BCUT2D eigenvalue weighted by molar-refractivity contribution is -0.384. The number of nitro groups is 1. The molecule has 0 atom stereocenters. The van der Waals surface area contributed by atoms with Crippen LogP contribution in [-0.4, -0.2) is 21.6 Å². The first-order valence-electron chi connectivity index (χ1n) is 5.41. The molecule has 2 rings (SSSR count). The second kappa shape index (κ2) is 5.26. The molecule has 0 saturated carbocycles. The van der Waals surface area contributed by atoms with Crippen LogP contribution in [-0.2, 0) is 6.42 Å². The summed E-state index contributed by atoms with van der Waals surface area (Å²) in [6, 6.07) is 4.96. The largest absolute Gasteiger partial charge is 0.379 e. The molecule has 0 aliphatic heterocycles. The average molecular weight is 248 g/mol. The summed E-state index contributed by atoms with van der Waals surface area (Å²) < 4.78 is 4.61. The molecule has 0 aliphatic rings. The van der Waals surface area contributed by atoms with Crippen molar-refractivity contribution < 1.29 is 9.45 Å². The van der Waals surface area contributed by atoms with Gasteiger partial charge in [-0.2, -0.15) is 4.98 Å². The summed E-state index contributed by atoms with van der Waals surface area (Å²) in [6.45, 7) is 2.33. The van der Waals surface area contributed by atoms with Gasteiger partial charge in [0.15, 0.2) is 5.82 Å². The van der Waals surface area contributed by atoms with Crippen LogP contribution in [0.3, 0.4) is 0 Å². The lowest BCUT2D eigenvalue weighted by Crippen LogP contribution is -2.09. The third kappa shape index (κ3) is 2.62. The molecule has 18 heavy (non-hydrogen) atoms. The number of hydrogen-bond acceptors (Lipinski definition) is 6. The van der Waals surface area contributed by atoms with E-state index in [1.165, 1.54) is 12.5 Å². The van der Waals surface area contributed by atoms with E-state index in [0.717, 1.165) is 5.56 Å². The lowest BCUT2D eigenvalue weighted by Gasteiger charge is -2.08. The van der Waals surface area contributed by atoms with Crippen LogP contribution in [0.5, 0.6) is 0 Å². The van der Waals surface area contributed by atoms with Gasteiger partial charge in [0.05, 0.1) is 4.92 Å². The Morgan fingerprint density at radius 3 is 3.00 bits per heavy atom. The number of aromatic nitrogens is 2. The highest BCUT2D eigenvalue weighted by Gasteiger charge is 2.14. The van der Waals surface area contributed by atoms with Gasteiger partial charge in [-0.1, -0.05) is 17.3 Å². The fourth-order valence-corrected chi connectivity index (χ4v) is 1.64. The summed E-state index contributed by atoms with van der Waals surface area (Å²) in [6.07, 6.45) is 1.80. The summed E-state index contributed by atoms with van der Waals surface area (Å²) in [5, 5.41) is 17.6. The monoisotopic (exact) mass is 248 g/mol. The van der Waals surface area contributed by atoms with Gasteiger partial charge < -0.3 is 9.84 Å². The Morgan fingerprint density at radius 1 is 1.50 bits per heavy atom. The summed E-state index contributed by atoms with van der Waals surface area (Å²) in [5.74, 6) is 0.568. The van der Waals surface area contributed by atoms with Crippen LogP contribution >= 0.6 is 0 Å². The molecule has 0 unspecified atom stereocenters. The molecule has 1 heterocycles. The van der Waals surface area contributed by atoms with Crippen LogP contribution in [0.4, 0.5) is 11.4 Å². The first kappa shape index (κ1) is 12.0. The molecule has 0 bridgehead atoms. The number of rotatable bonds is 5. The summed E-state index contributed by atoms with van der Waals surface area (Å²) >= 11 is 0. The molecule has 1 N–H and O–H groups in total. The van der Waals surface area contributed by atoms with Crippen LogP contribution in [0.2, 0.25) is 0 Å². The first-order valence-corrected chi connectivity index (χ1v) is 5.41. The predicted octanol–water partition coefficient (Wildman–Crippen LogP) is 1.94. The number of hydrogen-bond donors (Lipinski definition) is 1. The predicted molar refractivity (Wildman–Crippen MR) is 64.3 cm³/mol. The molecule has 0 aliphatic carbocycles. The van der Waals surface area contributed by atoms with Crippen molar-refractivity contribution in [3.8, 4) is 0 Å². The van der Waals surface area contributed by atoms with Crippen molar-refractivity contribution in [3.05, 3.63) is 46.1 Å². The zero-order valence-corrected chi connectivity index (χ0v) is 9.79. The molecule has 2 aromatic rings. The topological polar surface area (TPSA) is 94.1 Å². The summed E-state index contributed by atoms with van der Waals surface area (Å²) in [4.78, 5) is 14.4. The van der Waals surface area contributed by atoms with E-state index in [2.05, 4.69) is 20.0 Å². The second-order valence-corrected chi connectivity index (χ2v) is 3.75. The Morgan fingerprint density at radius 2 is 2.33 bits per heavy atom. The fraction of sp³-hybridized carbons (Fsp3) is 0.273. The van der Waals surface area contributed by atoms with Gasteiger partial charge in [0.1, 0.15) is 5.69 Å². The second-order valence-electron chi connectivity index (χ2n) is 3.75. The summed E-state index contributed by atoms with van der Waals surface area (Å²) in [5.41, 5.74) is 1.44. The smallest absolute Gasteiger partial charge is 0.292 e. The van der Waals surface area contributed by atoms with Gasteiger partial charge in [-0.25, -0.2) is 0 Å². The van der Waals surface area contributed by atoms with E-state index in [1.807, 2.05) is 13.0 Å². The molecule has 7 heteroatoms. The molecule has 1 aromatic carbocycles. The van der Waals surface area contributed by atoms with E-state index in [1.54, 1.807) is 6.07 Å². The maximum atomic E-state index is 10.9. The van der Waals surface area contributed by atoms with E-state index in [0.29, 0.717) is 24.5 Å². The third-order valence-corrected chi connectivity index (χ3v) is 2.50. The highest BCUT2D eigenvalue weighted by Crippen LogP contribution is 2.27. The number of benzene rings is 1. The summed E-state index contributed by atoms with van der Waals surface area (Å²) in [7, 11) is 0. The SMILES string of the molecule is Cc1cccc([N+](=O)[O-])c1NCCc1ncon1. The van der Waals surface area contributed by atoms with Crippen molar-refractivity contribution in [3.63, 3.8) is 0 Å². The highest BCUT2D eigenvalue weighted by molar-refractivity contribution is 5.65. The molecule has 7 nitrogen and oxygen atoms in total. The molecule has 94 valence electrons. The molecule has 0 saturated heterocycles. The van der Waals surface area contributed by atoms with Gasteiger partial charge in [-0.15, -0.1) is 0 Å². The minimum Gasteiger partial charge on any atom is -0.379 e. The van der Waals surface area contributed by atoms with Gasteiger partial charge in [0, 0.05) is 19.0 Å². The third-order valence-electron chi connectivity index (χ3n) is 2.50. The molecule has 0 fully saturated rings. The maximum Gasteiger partial charge on any atom is 0.292 e. The van der Waals surface area contributed by atoms with Crippen LogP contribution < -0.4 is 5.32 Å². The van der Waals surface area contributed by atoms with E-state index < -0.39 is 4.92 Å². The van der Waals surface area contributed by atoms with E-state index in [9.17, 15) is 10.1 Å². The zero-order valence-electron chi connectivity index (χ0n) is 9.79. The number of para-hydroxylation sites is 1. The number of anilines is 1. The van der Waals surface area contributed by atoms with Crippen molar-refractivity contribution in [2.45, 2.75) is 13.3 Å². The lowest BCUT2D eigenvalue weighted by atomic mass is 10.1. The van der Waals surface area contributed by atoms with Crippen molar-refractivity contribution >= 4 is 11.4 Å². The molecular formula is C11H12N4O3. The minimum absolute atomic E-state index is 0.0723. The Bertz CT molecular complexity index is 539. The van der Waals surface area contributed by atoms with Gasteiger partial charge in [-0.05, 0) is 12.5 Å². The van der Waals surface area contributed by atoms with E-state index in [4.69, 9.17) is 0 Å². The van der Waals surface area contributed by atoms with Crippen LogP contribution in [0, 0.1) is 17.0 Å². The molecule has 0 radical (unpaired) electrons. The molecular weight excluding hydrogens is 236 g/mol. The van der Waals surface area contributed by atoms with Crippen molar-refractivity contribution in [2.24, 2.45) is 0 Å². The number of nitrogens with one attached hydrogen (secondary N) is 1. The molecule has 0 amide bonds. The van der Waals surface area contributed by atoms with E-state index >= 15 is 0 Å². The number of aryl methyl sites for hydroxylation is 1. The molecule has 0 spiro atoms. The van der Waals surface area contributed by atoms with Gasteiger partial charge in [-0.3, -0.25) is 10.1 Å². The highest BCUT2D eigenvalue weighted by atomic mass is 16.6. The average Bonchev–Trinajstić information content (AvgIpc) is 2.84. The van der Waals surface area contributed by atoms with Crippen molar-refractivity contribution in [2.75, 3.05) is 11.9 Å². The first-order chi connectivity index (χ1) is 8.68. The van der Waals surface area contributed by atoms with Crippen LogP contribution in [0.15, 0.2) is 29.1 Å².